The zero-order chi connectivity index (χ0) is 14.4. The number of hydrogen-bond acceptors (Lipinski definition) is 5. The third-order valence-corrected chi connectivity index (χ3v) is 3.24. The lowest BCUT2D eigenvalue weighted by Crippen LogP contribution is -2.00. The molecule has 2 aromatic rings. The molecule has 0 aliphatic rings. The molecule has 1 aromatic heterocycles. The number of benzene rings is 1. The van der Waals surface area contributed by atoms with Crippen LogP contribution in [0.5, 0.6) is 5.75 Å². The first-order valence-electron chi connectivity index (χ1n) is 6.22. The van der Waals surface area contributed by atoms with Gasteiger partial charge in [0.1, 0.15) is 12.4 Å². The van der Waals surface area contributed by atoms with E-state index in [2.05, 4.69) is 22.1 Å². The van der Waals surface area contributed by atoms with E-state index in [1.54, 1.807) is 6.21 Å². The molecule has 2 rings (SSSR count). The van der Waals surface area contributed by atoms with E-state index in [1.165, 1.54) is 11.3 Å². The lowest BCUT2D eigenvalue weighted by Gasteiger charge is -2.08. The fourth-order valence-corrected chi connectivity index (χ4v) is 2.12. The Bertz CT molecular complexity index is 619. The Morgan fingerprint density at radius 2 is 2.30 bits per heavy atom. The standard InChI is InChI=1S/C15H17N3OS/c1-11(2)9-19-14-7-5-4-6-13(14)8-16-18-15-17-12(3)10-20-15/h4-8,10H,1,9H2,2-3H3,(H,17,18). The Morgan fingerprint density at radius 3 is 3.00 bits per heavy atom. The van der Waals surface area contributed by atoms with Crippen LogP contribution in [0.25, 0.3) is 0 Å². The van der Waals surface area contributed by atoms with Crippen LogP contribution in [0.15, 0.2) is 46.9 Å². The van der Waals surface area contributed by atoms with Crippen LogP contribution in [0.1, 0.15) is 18.2 Å². The van der Waals surface area contributed by atoms with Crippen LogP contribution in [0.3, 0.4) is 0 Å². The minimum atomic E-state index is 0.504. The summed E-state index contributed by atoms with van der Waals surface area (Å²) in [6.07, 6.45) is 1.73. The van der Waals surface area contributed by atoms with Crippen molar-refractivity contribution in [3.63, 3.8) is 0 Å². The van der Waals surface area contributed by atoms with Crippen molar-refractivity contribution >= 4 is 22.7 Å². The molecule has 0 atom stereocenters. The fraction of sp³-hybridized carbons (Fsp3) is 0.200. The summed E-state index contributed by atoms with van der Waals surface area (Å²) < 4.78 is 5.67. The molecule has 1 heterocycles. The summed E-state index contributed by atoms with van der Waals surface area (Å²) in [7, 11) is 0. The molecule has 20 heavy (non-hydrogen) atoms. The number of aryl methyl sites for hydroxylation is 1. The highest BCUT2D eigenvalue weighted by atomic mass is 32.1. The highest BCUT2D eigenvalue weighted by Gasteiger charge is 2.00. The van der Waals surface area contributed by atoms with Crippen molar-refractivity contribution in [2.24, 2.45) is 5.10 Å². The Labute approximate surface area is 122 Å². The Balaban J connectivity index is 2.02. The molecule has 0 aliphatic carbocycles. The number of rotatable bonds is 6. The molecule has 0 aliphatic heterocycles. The normalized spacial score (nSPS) is 10.7. The molecule has 0 spiro atoms. The molecule has 0 radical (unpaired) electrons. The summed E-state index contributed by atoms with van der Waals surface area (Å²) in [5, 5.41) is 6.93. The fourth-order valence-electron chi connectivity index (χ4n) is 1.48. The highest BCUT2D eigenvalue weighted by Crippen LogP contribution is 2.17. The van der Waals surface area contributed by atoms with Gasteiger partial charge in [-0.2, -0.15) is 5.10 Å². The first-order chi connectivity index (χ1) is 9.65. The average molecular weight is 287 g/mol. The SMILES string of the molecule is C=C(C)COc1ccccc1C=NNc1nc(C)cs1. The molecule has 104 valence electrons. The van der Waals surface area contributed by atoms with Crippen LogP contribution >= 0.6 is 11.3 Å². The lowest BCUT2D eigenvalue weighted by atomic mass is 10.2. The quantitative estimate of drug-likeness (QED) is 0.498. The Morgan fingerprint density at radius 1 is 1.50 bits per heavy atom. The molecule has 4 nitrogen and oxygen atoms in total. The molecule has 1 N–H and O–H groups in total. The summed E-state index contributed by atoms with van der Waals surface area (Å²) in [6, 6.07) is 7.75. The second-order valence-corrected chi connectivity index (χ2v) is 5.31. The molecule has 0 fully saturated rings. The van der Waals surface area contributed by atoms with E-state index < -0.39 is 0 Å². The van der Waals surface area contributed by atoms with Crippen LogP contribution in [0.4, 0.5) is 5.13 Å². The lowest BCUT2D eigenvalue weighted by molar-refractivity contribution is 0.352. The number of nitrogens with zero attached hydrogens (tertiary/aromatic N) is 2. The summed E-state index contributed by atoms with van der Waals surface area (Å²) >= 11 is 1.52. The van der Waals surface area contributed by atoms with E-state index in [1.807, 2.05) is 43.5 Å². The van der Waals surface area contributed by atoms with Crippen molar-refractivity contribution in [3.8, 4) is 5.75 Å². The summed E-state index contributed by atoms with van der Waals surface area (Å²) in [5.74, 6) is 0.788. The van der Waals surface area contributed by atoms with Crippen LogP contribution in [0, 0.1) is 6.92 Å². The summed E-state index contributed by atoms with van der Waals surface area (Å²) in [6.45, 7) is 8.21. The molecule has 0 unspecified atom stereocenters. The van der Waals surface area contributed by atoms with Crippen LogP contribution < -0.4 is 10.2 Å². The number of anilines is 1. The van der Waals surface area contributed by atoms with Gasteiger partial charge in [-0.15, -0.1) is 11.3 Å². The predicted octanol–water partition coefficient (Wildman–Crippen LogP) is 3.85. The van der Waals surface area contributed by atoms with E-state index in [0.717, 1.165) is 27.7 Å². The zero-order valence-electron chi connectivity index (χ0n) is 11.6. The van der Waals surface area contributed by atoms with E-state index in [-0.39, 0.29) is 0 Å². The monoisotopic (exact) mass is 287 g/mol. The summed E-state index contributed by atoms with van der Waals surface area (Å²) in [5.41, 5.74) is 5.79. The van der Waals surface area contributed by atoms with Gasteiger partial charge in [0.05, 0.1) is 11.9 Å². The predicted molar refractivity (Wildman–Crippen MR) is 84.8 cm³/mol. The van der Waals surface area contributed by atoms with Gasteiger partial charge in [0.2, 0.25) is 5.13 Å². The molecule has 0 bridgehead atoms. The largest absolute Gasteiger partial charge is 0.489 e. The number of aromatic nitrogens is 1. The molecule has 0 saturated carbocycles. The smallest absolute Gasteiger partial charge is 0.203 e. The number of para-hydroxylation sites is 1. The van der Waals surface area contributed by atoms with Gasteiger partial charge in [-0.1, -0.05) is 18.7 Å². The van der Waals surface area contributed by atoms with Crippen LogP contribution in [-0.2, 0) is 0 Å². The second kappa shape index (κ2) is 6.86. The first kappa shape index (κ1) is 14.3. The van der Waals surface area contributed by atoms with Gasteiger partial charge in [-0.25, -0.2) is 4.98 Å². The minimum Gasteiger partial charge on any atom is -0.489 e. The van der Waals surface area contributed by atoms with Gasteiger partial charge >= 0.3 is 0 Å². The second-order valence-electron chi connectivity index (χ2n) is 4.45. The number of ether oxygens (including phenoxy) is 1. The van der Waals surface area contributed by atoms with Crippen molar-refractivity contribution in [1.82, 2.24) is 4.98 Å². The van der Waals surface area contributed by atoms with Gasteiger partial charge in [-0.05, 0) is 31.6 Å². The van der Waals surface area contributed by atoms with Crippen molar-refractivity contribution in [2.75, 3.05) is 12.0 Å². The molecular formula is C15H17N3OS. The third kappa shape index (κ3) is 4.20. The third-order valence-electron chi connectivity index (χ3n) is 2.38. The van der Waals surface area contributed by atoms with E-state index in [9.17, 15) is 0 Å². The van der Waals surface area contributed by atoms with Crippen molar-refractivity contribution in [3.05, 3.63) is 53.1 Å². The summed E-state index contributed by atoms with van der Waals surface area (Å²) in [4.78, 5) is 4.27. The average Bonchev–Trinajstić information content (AvgIpc) is 2.83. The Kier molecular flexibility index (Phi) is 4.90. The number of hydrogen-bond donors (Lipinski definition) is 1. The van der Waals surface area contributed by atoms with Crippen LogP contribution in [0.2, 0.25) is 0 Å². The molecule has 0 saturated heterocycles. The van der Waals surface area contributed by atoms with Gasteiger partial charge < -0.3 is 4.74 Å². The van der Waals surface area contributed by atoms with Crippen molar-refractivity contribution < 1.29 is 4.74 Å². The highest BCUT2D eigenvalue weighted by molar-refractivity contribution is 7.13. The first-order valence-corrected chi connectivity index (χ1v) is 7.10. The number of nitrogens with one attached hydrogen (secondary N) is 1. The maximum Gasteiger partial charge on any atom is 0.203 e. The van der Waals surface area contributed by atoms with E-state index in [0.29, 0.717) is 6.61 Å². The van der Waals surface area contributed by atoms with Crippen molar-refractivity contribution in [1.29, 1.82) is 0 Å². The maximum atomic E-state index is 5.67. The molecule has 5 heteroatoms. The van der Waals surface area contributed by atoms with Crippen LogP contribution in [-0.4, -0.2) is 17.8 Å². The number of hydrazone groups is 1. The molecule has 0 amide bonds. The van der Waals surface area contributed by atoms with Gasteiger partial charge in [0.15, 0.2) is 0 Å². The maximum absolute atomic E-state index is 5.67. The van der Waals surface area contributed by atoms with E-state index >= 15 is 0 Å². The zero-order valence-corrected chi connectivity index (χ0v) is 12.4. The number of thiazole rings is 1. The van der Waals surface area contributed by atoms with Gasteiger partial charge in [-0.3, -0.25) is 5.43 Å². The van der Waals surface area contributed by atoms with Gasteiger partial charge in [0.25, 0.3) is 0 Å². The Hall–Kier alpha value is -2.14. The van der Waals surface area contributed by atoms with E-state index in [4.69, 9.17) is 4.74 Å². The topological polar surface area (TPSA) is 46.5 Å². The van der Waals surface area contributed by atoms with Gasteiger partial charge in [0, 0.05) is 10.9 Å². The van der Waals surface area contributed by atoms with Crippen molar-refractivity contribution in [2.45, 2.75) is 13.8 Å². The molecular weight excluding hydrogens is 270 g/mol. The minimum absolute atomic E-state index is 0.504. The molecule has 1 aromatic carbocycles.